The molecule has 3 aromatic carbocycles. The Bertz CT molecular complexity index is 1290. The summed E-state index contributed by atoms with van der Waals surface area (Å²) in [4.78, 5) is 25.7. The molecular formula is C22H15ClN2O4. The summed E-state index contributed by atoms with van der Waals surface area (Å²) in [5.41, 5.74) is 1.79. The number of amides is 1. The Morgan fingerprint density at radius 3 is 2.21 bits per heavy atom. The number of carbonyl (C=O) groups excluding carboxylic acids is 1. The van der Waals surface area contributed by atoms with Gasteiger partial charge in [0.2, 0.25) is 12.7 Å². The first-order valence-corrected chi connectivity index (χ1v) is 9.39. The molecule has 144 valence electrons. The van der Waals surface area contributed by atoms with Crippen LogP contribution in [0.25, 0.3) is 21.8 Å². The third-order valence-electron chi connectivity index (χ3n) is 4.92. The van der Waals surface area contributed by atoms with Crippen molar-refractivity contribution in [2.24, 2.45) is 0 Å². The zero-order chi connectivity index (χ0) is 20.0. The van der Waals surface area contributed by atoms with E-state index < -0.39 is 0 Å². The van der Waals surface area contributed by atoms with Gasteiger partial charge in [-0.05, 0) is 24.3 Å². The Kier molecular flexibility index (Phi) is 4.14. The van der Waals surface area contributed by atoms with Crippen molar-refractivity contribution >= 4 is 45.0 Å². The van der Waals surface area contributed by atoms with Crippen LogP contribution < -0.4 is 20.2 Å². The highest BCUT2D eigenvalue weighted by Gasteiger charge is 2.18. The molecule has 1 aromatic heterocycles. The van der Waals surface area contributed by atoms with Crippen LogP contribution in [0.15, 0.2) is 65.5 Å². The van der Waals surface area contributed by atoms with Crippen molar-refractivity contribution in [2.75, 3.05) is 12.1 Å². The second-order valence-electron chi connectivity index (χ2n) is 6.68. The largest absolute Gasteiger partial charge is 0.454 e. The molecule has 7 heteroatoms. The maximum absolute atomic E-state index is 12.9. The van der Waals surface area contributed by atoms with Crippen LogP contribution in [0.5, 0.6) is 11.5 Å². The number of hydrogen-bond donors (Lipinski definition) is 1. The Labute approximate surface area is 170 Å². The van der Waals surface area contributed by atoms with Crippen molar-refractivity contribution < 1.29 is 14.3 Å². The molecule has 0 saturated carbocycles. The topological polar surface area (TPSA) is 69.6 Å². The number of carbonyl (C=O) groups is 1. The highest BCUT2D eigenvalue weighted by Crippen LogP contribution is 2.39. The number of para-hydroxylation sites is 2. The van der Waals surface area contributed by atoms with E-state index in [1.54, 1.807) is 24.3 Å². The molecule has 0 bridgehead atoms. The molecule has 0 atom stereocenters. The van der Waals surface area contributed by atoms with Crippen LogP contribution in [0, 0.1) is 0 Å². The SMILES string of the molecule is O=C(Cn1c2ccccc2c(=O)c2ccccc21)Nc1cc2c(cc1Cl)OCO2. The number of fused-ring (bicyclic) bond motifs is 3. The average molecular weight is 407 g/mol. The number of aromatic nitrogens is 1. The molecular weight excluding hydrogens is 392 g/mol. The molecule has 0 aliphatic carbocycles. The molecule has 1 aliphatic rings. The molecule has 0 saturated heterocycles. The van der Waals surface area contributed by atoms with Gasteiger partial charge in [-0.1, -0.05) is 35.9 Å². The van der Waals surface area contributed by atoms with Crippen LogP contribution in [0.3, 0.4) is 0 Å². The van der Waals surface area contributed by atoms with E-state index in [1.165, 1.54) is 0 Å². The van der Waals surface area contributed by atoms with Crippen molar-refractivity contribution in [3.63, 3.8) is 0 Å². The van der Waals surface area contributed by atoms with E-state index in [4.69, 9.17) is 21.1 Å². The molecule has 1 amide bonds. The molecule has 2 heterocycles. The fourth-order valence-electron chi connectivity index (χ4n) is 3.59. The summed E-state index contributed by atoms with van der Waals surface area (Å²) in [7, 11) is 0. The fourth-order valence-corrected chi connectivity index (χ4v) is 3.79. The lowest BCUT2D eigenvalue weighted by Crippen LogP contribution is -2.21. The molecule has 1 aliphatic heterocycles. The highest BCUT2D eigenvalue weighted by molar-refractivity contribution is 6.34. The Morgan fingerprint density at radius 1 is 0.966 bits per heavy atom. The van der Waals surface area contributed by atoms with Crippen molar-refractivity contribution in [2.45, 2.75) is 6.54 Å². The maximum atomic E-state index is 12.9. The number of halogens is 1. The first-order valence-electron chi connectivity index (χ1n) is 9.01. The van der Waals surface area contributed by atoms with Gasteiger partial charge in [0.05, 0.1) is 21.7 Å². The van der Waals surface area contributed by atoms with Gasteiger partial charge >= 0.3 is 0 Å². The van der Waals surface area contributed by atoms with Crippen molar-refractivity contribution in [3.8, 4) is 11.5 Å². The quantitative estimate of drug-likeness (QED) is 0.518. The predicted octanol–water partition coefficient (Wildman–Crippen LogP) is 4.18. The lowest BCUT2D eigenvalue weighted by Gasteiger charge is -2.15. The highest BCUT2D eigenvalue weighted by atomic mass is 35.5. The second kappa shape index (κ2) is 6.83. The van der Waals surface area contributed by atoms with Gasteiger partial charge in [0.1, 0.15) is 6.54 Å². The van der Waals surface area contributed by atoms with Crippen LogP contribution >= 0.6 is 11.6 Å². The smallest absolute Gasteiger partial charge is 0.244 e. The average Bonchev–Trinajstić information content (AvgIpc) is 3.18. The summed E-state index contributed by atoms with van der Waals surface area (Å²) in [5, 5.41) is 4.32. The van der Waals surface area contributed by atoms with Gasteiger partial charge in [-0.25, -0.2) is 0 Å². The normalized spacial score (nSPS) is 12.4. The van der Waals surface area contributed by atoms with Gasteiger partial charge in [0.15, 0.2) is 16.9 Å². The van der Waals surface area contributed by atoms with Gasteiger partial charge in [-0.2, -0.15) is 0 Å². The van der Waals surface area contributed by atoms with Gasteiger partial charge in [0.25, 0.3) is 0 Å². The standard InChI is InChI=1S/C22H15ClN2O4/c23-15-9-19-20(29-12-28-19)10-16(15)24-21(26)11-25-17-7-3-1-5-13(17)22(27)14-6-2-4-8-18(14)25/h1-10H,11-12H2,(H,24,26). The molecule has 1 N–H and O–H groups in total. The molecule has 0 fully saturated rings. The molecule has 5 rings (SSSR count). The fraction of sp³-hybridized carbons (Fsp3) is 0.0909. The van der Waals surface area contributed by atoms with E-state index in [-0.39, 0.29) is 24.7 Å². The number of anilines is 1. The lowest BCUT2D eigenvalue weighted by molar-refractivity contribution is -0.116. The second-order valence-corrected chi connectivity index (χ2v) is 7.09. The minimum Gasteiger partial charge on any atom is -0.454 e. The monoisotopic (exact) mass is 406 g/mol. The minimum atomic E-state index is -0.273. The lowest BCUT2D eigenvalue weighted by atomic mass is 10.1. The van der Waals surface area contributed by atoms with E-state index >= 15 is 0 Å². The van der Waals surface area contributed by atoms with Crippen molar-refractivity contribution in [1.82, 2.24) is 4.57 Å². The molecule has 0 spiro atoms. The zero-order valence-electron chi connectivity index (χ0n) is 15.1. The zero-order valence-corrected chi connectivity index (χ0v) is 15.9. The van der Waals surface area contributed by atoms with Gasteiger partial charge in [-0.15, -0.1) is 0 Å². The van der Waals surface area contributed by atoms with E-state index in [2.05, 4.69) is 5.32 Å². The van der Waals surface area contributed by atoms with E-state index in [9.17, 15) is 9.59 Å². The number of nitrogens with zero attached hydrogens (tertiary/aromatic N) is 1. The van der Waals surface area contributed by atoms with Crippen LogP contribution in [0.2, 0.25) is 5.02 Å². The van der Waals surface area contributed by atoms with Crippen molar-refractivity contribution in [3.05, 3.63) is 75.9 Å². The third-order valence-corrected chi connectivity index (χ3v) is 5.23. The number of rotatable bonds is 3. The number of pyridine rings is 1. The summed E-state index contributed by atoms with van der Waals surface area (Å²) < 4.78 is 12.5. The number of hydrogen-bond acceptors (Lipinski definition) is 4. The van der Waals surface area contributed by atoms with Gasteiger partial charge in [0, 0.05) is 22.9 Å². The first-order chi connectivity index (χ1) is 14.1. The molecule has 29 heavy (non-hydrogen) atoms. The van der Waals surface area contributed by atoms with Crippen molar-refractivity contribution in [1.29, 1.82) is 0 Å². The van der Waals surface area contributed by atoms with Gasteiger partial charge in [-0.3, -0.25) is 9.59 Å². The summed E-state index contributed by atoms with van der Waals surface area (Å²) in [6.07, 6.45) is 0. The van der Waals surface area contributed by atoms with Crippen LogP contribution in [0.4, 0.5) is 5.69 Å². The number of nitrogens with one attached hydrogen (secondary N) is 1. The Balaban J connectivity index is 1.56. The van der Waals surface area contributed by atoms with Crippen LogP contribution in [-0.4, -0.2) is 17.3 Å². The molecule has 6 nitrogen and oxygen atoms in total. The van der Waals surface area contributed by atoms with E-state index in [0.29, 0.717) is 44.0 Å². The first kappa shape index (κ1) is 17.6. The van der Waals surface area contributed by atoms with E-state index in [0.717, 1.165) is 0 Å². The number of ether oxygens (including phenoxy) is 2. The predicted molar refractivity (Wildman–Crippen MR) is 112 cm³/mol. The summed E-state index contributed by atoms with van der Waals surface area (Å²) in [5.74, 6) is 0.805. The summed E-state index contributed by atoms with van der Waals surface area (Å²) >= 11 is 6.27. The Hall–Kier alpha value is -3.51. The van der Waals surface area contributed by atoms with Crippen LogP contribution in [-0.2, 0) is 11.3 Å². The molecule has 0 radical (unpaired) electrons. The Morgan fingerprint density at radius 2 is 1.55 bits per heavy atom. The summed E-state index contributed by atoms with van der Waals surface area (Å²) in [6.45, 7) is 0.143. The van der Waals surface area contributed by atoms with Crippen LogP contribution in [0.1, 0.15) is 0 Å². The van der Waals surface area contributed by atoms with E-state index in [1.807, 2.05) is 41.0 Å². The third kappa shape index (κ3) is 2.98. The van der Waals surface area contributed by atoms with Gasteiger partial charge < -0.3 is 19.4 Å². The number of benzene rings is 3. The minimum absolute atomic E-state index is 0.0199. The maximum Gasteiger partial charge on any atom is 0.244 e. The molecule has 4 aromatic rings. The molecule has 0 unspecified atom stereocenters. The summed E-state index contributed by atoms with van der Waals surface area (Å²) in [6, 6.07) is 17.8.